The summed E-state index contributed by atoms with van der Waals surface area (Å²) >= 11 is 0. The number of hydrogen-bond donors (Lipinski definition) is 0. The average Bonchev–Trinajstić information content (AvgIpc) is 2.13. The molecule has 1 radical (unpaired) electrons. The van der Waals surface area contributed by atoms with Crippen LogP contribution in [0.25, 0.3) is 0 Å². The highest BCUT2D eigenvalue weighted by Gasteiger charge is 2.39. The number of hydrogen-bond acceptors (Lipinski definition) is 0. The van der Waals surface area contributed by atoms with Crippen LogP contribution in [0.2, 0.25) is 0 Å². The Morgan fingerprint density at radius 2 is 1.50 bits per heavy atom. The minimum Gasteiger partial charge on any atom is -0.0596 e. The molecule has 1 aliphatic carbocycles. The lowest BCUT2D eigenvalue weighted by Gasteiger charge is -2.38. The predicted octanol–water partition coefficient (Wildman–Crippen LogP) is 3.43. The molecule has 59 valence electrons. The van der Waals surface area contributed by atoms with Crippen LogP contribution in [0.1, 0.15) is 46.5 Å². The van der Waals surface area contributed by atoms with Gasteiger partial charge in [-0.1, -0.05) is 33.6 Å². The summed E-state index contributed by atoms with van der Waals surface area (Å²) in [5, 5.41) is 0. The van der Waals surface area contributed by atoms with Crippen molar-refractivity contribution < 1.29 is 0 Å². The zero-order valence-electron chi connectivity index (χ0n) is 7.54. The van der Waals surface area contributed by atoms with Crippen molar-refractivity contribution in [3.8, 4) is 0 Å². The van der Waals surface area contributed by atoms with Crippen LogP contribution in [0, 0.1) is 17.8 Å². The van der Waals surface area contributed by atoms with E-state index >= 15 is 0 Å². The van der Waals surface area contributed by atoms with E-state index in [0.29, 0.717) is 10.8 Å². The van der Waals surface area contributed by atoms with Crippen molar-refractivity contribution in [3.05, 3.63) is 6.92 Å². The van der Waals surface area contributed by atoms with Gasteiger partial charge in [-0.3, -0.25) is 0 Å². The molecule has 0 N–H and O–H groups in total. The van der Waals surface area contributed by atoms with Crippen LogP contribution in [0.3, 0.4) is 0 Å². The molecule has 0 aromatic rings. The summed E-state index contributed by atoms with van der Waals surface area (Å²) in [7, 11) is 0. The van der Waals surface area contributed by atoms with Gasteiger partial charge in [0.05, 0.1) is 0 Å². The highest BCUT2D eigenvalue weighted by Crippen LogP contribution is 2.49. The highest BCUT2D eigenvalue weighted by atomic mass is 14.4. The maximum absolute atomic E-state index is 4.34. The maximum atomic E-state index is 4.34. The minimum absolute atomic E-state index is 0.382. The van der Waals surface area contributed by atoms with Crippen LogP contribution < -0.4 is 0 Å². The topological polar surface area (TPSA) is 0 Å². The third-order valence-corrected chi connectivity index (χ3v) is 3.15. The van der Waals surface area contributed by atoms with Crippen LogP contribution >= 0.6 is 0 Å². The molecule has 0 saturated heterocycles. The molecule has 0 heteroatoms. The van der Waals surface area contributed by atoms with Gasteiger partial charge in [0.15, 0.2) is 0 Å². The van der Waals surface area contributed by atoms with Gasteiger partial charge in [0.2, 0.25) is 0 Å². The van der Waals surface area contributed by atoms with Crippen molar-refractivity contribution >= 4 is 0 Å². The molecule has 0 nitrogen and oxygen atoms in total. The van der Waals surface area contributed by atoms with Crippen molar-refractivity contribution in [2.24, 2.45) is 10.8 Å². The molecule has 1 aliphatic rings. The second kappa shape index (κ2) is 2.25. The Labute approximate surface area is 65.0 Å². The van der Waals surface area contributed by atoms with E-state index in [1.54, 1.807) is 0 Å². The first-order chi connectivity index (χ1) is 4.46. The molecule has 0 atom stereocenters. The zero-order valence-corrected chi connectivity index (χ0v) is 7.54. The molecule has 1 rings (SSSR count). The number of rotatable bonds is 0. The lowest BCUT2D eigenvalue weighted by atomic mass is 9.67. The first-order valence-electron chi connectivity index (χ1n) is 4.31. The van der Waals surface area contributed by atoms with Crippen LogP contribution in [0.5, 0.6) is 0 Å². The molecule has 10 heavy (non-hydrogen) atoms. The molecule has 0 amide bonds. The summed E-state index contributed by atoms with van der Waals surface area (Å²) in [5.41, 5.74) is 0.788. The van der Waals surface area contributed by atoms with Gasteiger partial charge in [-0.05, 0) is 30.6 Å². The Morgan fingerprint density at radius 3 is 1.70 bits per heavy atom. The molecule has 1 fully saturated rings. The fourth-order valence-corrected chi connectivity index (χ4v) is 1.80. The van der Waals surface area contributed by atoms with E-state index in [4.69, 9.17) is 0 Å². The Bertz CT molecular complexity index is 110. The van der Waals surface area contributed by atoms with E-state index in [-0.39, 0.29) is 0 Å². The van der Waals surface area contributed by atoms with Gasteiger partial charge >= 0.3 is 0 Å². The van der Waals surface area contributed by atoms with Crippen molar-refractivity contribution in [2.45, 2.75) is 46.5 Å². The van der Waals surface area contributed by atoms with E-state index < -0.39 is 0 Å². The molecule has 0 aromatic carbocycles. The molecule has 0 spiro atoms. The Kier molecular flexibility index (Phi) is 1.82. The third kappa shape index (κ3) is 1.21. The predicted molar refractivity (Wildman–Crippen MR) is 45.7 cm³/mol. The largest absolute Gasteiger partial charge is 0.0596 e. The summed E-state index contributed by atoms with van der Waals surface area (Å²) in [5.74, 6) is 0. The van der Waals surface area contributed by atoms with Gasteiger partial charge < -0.3 is 0 Å². The molecule has 0 aliphatic heterocycles. The fraction of sp³-hybridized carbons (Fsp3) is 0.900. The molecular formula is C10H19. The van der Waals surface area contributed by atoms with Gasteiger partial charge in [0.25, 0.3) is 0 Å². The van der Waals surface area contributed by atoms with Gasteiger partial charge in [0, 0.05) is 0 Å². The summed E-state index contributed by atoms with van der Waals surface area (Å²) in [6.07, 6.45) is 5.44. The minimum atomic E-state index is 0.382. The molecular weight excluding hydrogens is 120 g/mol. The second-order valence-corrected chi connectivity index (χ2v) is 4.74. The van der Waals surface area contributed by atoms with E-state index in [9.17, 15) is 0 Å². The lowest BCUT2D eigenvalue weighted by Crippen LogP contribution is -2.29. The quantitative estimate of drug-likeness (QED) is 0.482. The molecule has 0 bridgehead atoms. The molecule has 0 aromatic heterocycles. The fourth-order valence-electron chi connectivity index (χ4n) is 1.80. The maximum Gasteiger partial charge on any atom is -0.0249 e. The van der Waals surface area contributed by atoms with Gasteiger partial charge in [-0.25, -0.2) is 0 Å². The smallest absolute Gasteiger partial charge is 0.0249 e. The van der Waals surface area contributed by atoms with E-state index in [1.807, 2.05) is 0 Å². The van der Waals surface area contributed by atoms with Crippen molar-refractivity contribution in [3.63, 3.8) is 0 Å². The monoisotopic (exact) mass is 139 g/mol. The zero-order chi connectivity index (χ0) is 7.83. The van der Waals surface area contributed by atoms with Crippen molar-refractivity contribution in [1.29, 1.82) is 0 Å². The van der Waals surface area contributed by atoms with E-state index in [2.05, 4.69) is 27.7 Å². The SMILES string of the molecule is [CH2]C1(C(C)(C)C)CCCC1. The molecule has 0 heterocycles. The van der Waals surface area contributed by atoms with Gasteiger partial charge in [0.1, 0.15) is 0 Å². The Hall–Kier alpha value is 0. The van der Waals surface area contributed by atoms with Crippen LogP contribution in [-0.4, -0.2) is 0 Å². The normalized spacial score (nSPS) is 25.2. The van der Waals surface area contributed by atoms with Crippen LogP contribution in [-0.2, 0) is 0 Å². The second-order valence-electron chi connectivity index (χ2n) is 4.74. The molecule has 0 unspecified atom stereocenters. The highest BCUT2D eigenvalue weighted by molar-refractivity contribution is 4.95. The average molecular weight is 139 g/mol. The van der Waals surface area contributed by atoms with E-state index in [0.717, 1.165) is 0 Å². The van der Waals surface area contributed by atoms with E-state index in [1.165, 1.54) is 25.7 Å². The first kappa shape index (κ1) is 8.10. The summed E-state index contributed by atoms with van der Waals surface area (Å²) < 4.78 is 0. The summed E-state index contributed by atoms with van der Waals surface area (Å²) in [6, 6.07) is 0. The lowest BCUT2D eigenvalue weighted by molar-refractivity contribution is 0.150. The first-order valence-corrected chi connectivity index (χ1v) is 4.31. The standard InChI is InChI=1S/C10H19/c1-9(2,3)10(4)7-5-6-8-10/h4-8H2,1-3H3. The van der Waals surface area contributed by atoms with Crippen LogP contribution in [0.15, 0.2) is 0 Å². The Balaban J connectivity index is 2.67. The van der Waals surface area contributed by atoms with Crippen molar-refractivity contribution in [2.75, 3.05) is 0 Å². The van der Waals surface area contributed by atoms with Crippen LogP contribution in [0.4, 0.5) is 0 Å². The third-order valence-electron chi connectivity index (χ3n) is 3.15. The Morgan fingerprint density at radius 1 is 1.10 bits per heavy atom. The van der Waals surface area contributed by atoms with Gasteiger partial charge in [-0.2, -0.15) is 0 Å². The molecule has 1 saturated carbocycles. The summed E-state index contributed by atoms with van der Waals surface area (Å²) in [4.78, 5) is 0. The van der Waals surface area contributed by atoms with Gasteiger partial charge in [-0.15, -0.1) is 0 Å². The summed E-state index contributed by atoms with van der Waals surface area (Å²) in [6.45, 7) is 11.3. The van der Waals surface area contributed by atoms with Crippen molar-refractivity contribution in [1.82, 2.24) is 0 Å².